The summed E-state index contributed by atoms with van der Waals surface area (Å²) in [6.45, 7) is 4.86. The van der Waals surface area contributed by atoms with E-state index in [4.69, 9.17) is 9.47 Å². The molecule has 0 bridgehead atoms. The highest BCUT2D eigenvalue weighted by molar-refractivity contribution is 5.82. The maximum atomic E-state index is 12.8. The molecule has 2 amide bonds. The van der Waals surface area contributed by atoms with Crippen molar-refractivity contribution in [3.63, 3.8) is 0 Å². The molecule has 0 unspecified atom stereocenters. The highest BCUT2D eigenvalue weighted by Crippen LogP contribution is 2.39. The molecule has 154 valence electrons. The summed E-state index contributed by atoms with van der Waals surface area (Å²) in [6, 6.07) is 9.59. The quantitative estimate of drug-likeness (QED) is 0.687. The summed E-state index contributed by atoms with van der Waals surface area (Å²) in [6.07, 6.45) is 1.36. The van der Waals surface area contributed by atoms with Crippen LogP contribution < -0.4 is 19.7 Å². The number of nitriles is 1. The minimum Gasteiger partial charge on any atom is -0.485 e. The number of ether oxygens (including phenoxy) is 2. The molecule has 1 aromatic rings. The topological polar surface area (TPSA) is 96.1 Å². The first-order chi connectivity index (χ1) is 14.0. The number of hydrogen-bond donors (Lipinski definition) is 2. The third-order valence-electron chi connectivity index (χ3n) is 6.00. The van der Waals surface area contributed by atoms with Crippen molar-refractivity contribution in [2.45, 2.75) is 31.4 Å². The van der Waals surface area contributed by atoms with Crippen LogP contribution in [0, 0.1) is 17.2 Å². The molecule has 4 rings (SSSR count). The molecule has 29 heavy (non-hydrogen) atoms. The maximum absolute atomic E-state index is 12.8. The summed E-state index contributed by atoms with van der Waals surface area (Å²) in [4.78, 5) is 28.1. The molecule has 8 heteroatoms. The van der Waals surface area contributed by atoms with Crippen molar-refractivity contribution in [1.82, 2.24) is 10.2 Å². The van der Waals surface area contributed by atoms with Crippen LogP contribution >= 0.6 is 0 Å². The van der Waals surface area contributed by atoms with Crippen LogP contribution in [0.1, 0.15) is 19.8 Å². The standard InChI is InChI=1S/C21H26N4O4/c1-21(14-22,15-6-7-15)23-19(26)12-24-8-10-25(11-9-24)20(27)18-13-28-16-4-2-3-5-17(16)29-18/h2-5,15,18H,6-13H2,1H3,(H,23,26)/p+1/t18-,21+/m1/s1. The first kappa shape index (κ1) is 19.5. The van der Waals surface area contributed by atoms with Gasteiger partial charge in [0.05, 0.1) is 32.2 Å². The second-order valence-corrected chi connectivity index (χ2v) is 8.25. The van der Waals surface area contributed by atoms with Gasteiger partial charge in [-0.25, -0.2) is 0 Å². The molecule has 3 aliphatic rings. The first-order valence-electron chi connectivity index (χ1n) is 10.2. The molecule has 2 atom stereocenters. The summed E-state index contributed by atoms with van der Waals surface area (Å²) in [5.41, 5.74) is -0.761. The number of carbonyl (C=O) groups is 2. The van der Waals surface area contributed by atoms with E-state index < -0.39 is 11.6 Å². The van der Waals surface area contributed by atoms with Crippen LogP contribution in [0.3, 0.4) is 0 Å². The second kappa shape index (κ2) is 7.91. The maximum Gasteiger partial charge on any atom is 0.276 e. The van der Waals surface area contributed by atoms with Crippen molar-refractivity contribution in [1.29, 1.82) is 5.26 Å². The Labute approximate surface area is 170 Å². The molecule has 2 fully saturated rings. The van der Waals surface area contributed by atoms with E-state index in [1.807, 2.05) is 18.2 Å². The minimum absolute atomic E-state index is 0.0752. The van der Waals surface area contributed by atoms with Gasteiger partial charge in [0.15, 0.2) is 18.0 Å². The van der Waals surface area contributed by atoms with Gasteiger partial charge in [-0.2, -0.15) is 5.26 Å². The second-order valence-electron chi connectivity index (χ2n) is 8.25. The fourth-order valence-corrected chi connectivity index (χ4v) is 4.01. The fourth-order valence-electron chi connectivity index (χ4n) is 4.01. The molecule has 1 aliphatic carbocycles. The SMILES string of the molecule is C[C@@](C#N)(NC(=O)C[NH+]1CCN(C(=O)[C@H]2COc3ccccc3O2)CC1)C1CC1. The van der Waals surface area contributed by atoms with E-state index in [-0.39, 0.29) is 24.3 Å². The van der Waals surface area contributed by atoms with Gasteiger partial charge in [0.1, 0.15) is 12.1 Å². The third kappa shape index (κ3) is 4.30. The summed E-state index contributed by atoms with van der Waals surface area (Å²) >= 11 is 0. The highest BCUT2D eigenvalue weighted by Gasteiger charge is 2.43. The zero-order valence-electron chi connectivity index (χ0n) is 16.6. The molecule has 2 N–H and O–H groups in total. The Morgan fingerprint density at radius 1 is 1.28 bits per heavy atom. The Balaban J connectivity index is 1.25. The lowest BCUT2D eigenvalue weighted by molar-refractivity contribution is -0.896. The summed E-state index contributed by atoms with van der Waals surface area (Å²) in [5.74, 6) is 1.34. The van der Waals surface area contributed by atoms with Gasteiger partial charge >= 0.3 is 0 Å². The molecule has 0 aromatic heterocycles. The number of carbonyl (C=O) groups excluding carboxylic acids is 2. The number of nitrogens with one attached hydrogen (secondary N) is 2. The Kier molecular flexibility index (Phi) is 5.33. The highest BCUT2D eigenvalue weighted by atomic mass is 16.6. The Bertz CT molecular complexity index is 826. The average molecular weight is 399 g/mol. The van der Waals surface area contributed by atoms with Gasteiger partial charge in [-0.3, -0.25) is 9.59 Å². The van der Waals surface area contributed by atoms with Crippen molar-refractivity contribution < 1.29 is 24.0 Å². The van der Waals surface area contributed by atoms with E-state index in [1.54, 1.807) is 17.9 Å². The van der Waals surface area contributed by atoms with Gasteiger partial charge in [0.25, 0.3) is 11.8 Å². The third-order valence-corrected chi connectivity index (χ3v) is 6.00. The van der Waals surface area contributed by atoms with E-state index in [2.05, 4.69) is 11.4 Å². The number of nitrogens with zero attached hydrogens (tertiary/aromatic N) is 2. The van der Waals surface area contributed by atoms with Crippen LogP contribution in [0.4, 0.5) is 0 Å². The Hall–Kier alpha value is -2.79. The normalized spacial score (nSPS) is 23.6. The fraction of sp³-hybridized carbons (Fsp3) is 0.571. The summed E-state index contributed by atoms with van der Waals surface area (Å²) in [7, 11) is 0. The van der Waals surface area contributed by atoms with Gasteiger partial charge < -0.3 is 24.6 Å². The molecule has 1 aromatic carbocycles. The van der Waals surface area contributed by atoms with Crippen molar-refractivity contribution in [3.05, 3.63) is 24.3 Å². The molecule has 0 spiro atoms. The zero-order chi connectivity index (χ0) is 20.4. The van der Waals surface area contributed by atoms with Crippen molar-refractivity contribution in [2.24, 2.45) is 5.92 Å². The van der Waals surface area contributed by atoms with Crippen LogP contribution in [0.15, 0.2) is 24.3 Å². The molecule has 0 radical (unpaired) electrons. The van der Waals surface area contributed by atoms with Crippen molar-refractivity contribution >= 4 is 11.8 Å². The van der Waals surface area contributed by atoms with E-state index in [0.717, 1.165) is 17.7 Å². The Morgan fingerprint density at radius 2 is 1.97 bits per heavy atom. The van der Waals surface area contributed by atoms with E-state index in [9.17, 15) is 14.9 Å². The lowest BCUT2D eigenvalue weighted by Gasteiger charge is -2.35. The summed E-state index contributed by atoms with van der Waals surface area (Å²) in [5, 5.41) is 12.3. The summed E-state index contributed by atoms with van der Waals surface area (Å²) < 4.78 is 11.5. The van der Waals surface area contributed by atoms with Crippen LogP contribution in [0.25, 0.3) is 0 Å². The average Bonchev–Trinajstić information content (AvgIpc) is 3.59. The van der Waals surface area contributed by atoms with Gasteiger partial charge in [-0.05, 0) is 37.8 Å². The van der Waals surface area contributed by atoms with Crippen LogP contribution in [0.2, 0.25) is 0 Å². The van der Waals surface area contributed by atoms with E-state index >= 15 is 0 Å². The van der Waals surface area contributed by atoms with Gasteiger partial charge in [-0.1, -0.05) is 12.1 Å². The Morgan fingerprint density at radius 3 is 2.62 bits per heavy atom. The molecular weight excluding hydrogens is 372 g/mol. The number of piperazine rings is 1. The van der Waals surface area contributed by atoms with Gasteiger partial charge in [0, 0.05) is 0 Å². The minimum atomic E-state index is -0.761. The number of rotatable bonds is 5. The monoisotopic (exact) mass is 399 g/mol. The number of para-hydroxylation sites is 2. The molecule has 8 nitrogen and oxygen atoms in total. The number of quaternary nitrogens is 1. The molecule has 1 saturated heterocycles. The lowest BCUT2D eigenvalue weighted by Crippen LogP contribution is -3.16. The molecular formula is C21H27N4O4+. The van der Waals surface area contributed by atoms with E-state index in [1.165, 1.54) is 0 Å². The molecule has 2 aliphatic heterocycles. The van der Waals surface area contributed by atoms with Crippen LogP contribution in [-0.2, 0) is 9.59 Å². The number of fused-ring (bicyclic) bond motifs is 1. The van der Waals surface area contributed by atoms with Crippen LogP contribution in [-0.4, -0.2) is 67.7 Å². The van der Waals surface area contributed by atoms with Crippen LogP contribution in [0.5, 0.6) is 11.5 Å². The molecule has 2 heterocycles. The smallest absolute Gasteiger partial charge is 0.276 e. The van der Waals surface area contributed by atoms with Crippen molar-refractivity contribution in [3.8, 4) is 17.6 Å². The number of amides is 2. The first-order valence-corrected chi connectivity index (χ1v) is 10.2. The largest absolute Gasteiger partial charge is 0.485 e. The predicted octanol–water partition coefficient (Wildman–Crippen LogP) is -0.638. The zero-order valence-corrected chi connectivity index (χ0v) is 16.6. The van der Waals surface area contributed by atoms with Crippen molar-refractivity contribution in [2.75, 3.05) is 39.3 Å². The van der Waals surface area contributed by atoms with Gasteiger partial charge in [-0.15, -0.1) is 0 Å². The van der Waals surface area contributed by atoms with E-state index in [0.29, 0.717) is 44.2 Å². The van der Waals surface area contributed by atoms with Gasteiger partial charge in [0.2, 0.25) is 6.10 Å². The predicted molar refractivity (Wildman–Crippen MR) is 103 cm³/mol. The lowest BCUT2D eigenvalue weighted by atomic mass is 9.98. The molecule has 1 saturated carbocycles. The number of benzene rings is 1. The number of hydrogen-bond acceptors (Lipinski definition) is 5.